The topological polar surface area (TPSA) is 59.3 Å². The predicted molar refractivity (Wildman–Crippen MR) is 152 cm³/mol. The van der Waals surface area contributed by atoms with Crippen LogP contribution in [-0.2, 0) is 9.57 Å². The van der Waals surface area contributed by atoms with Crippen molar-refractivity contribution in [3.63, 3.8) is 0 Å². The molecule has 2 aromatic carbocycles. The number of piperidine rings is 1. The normalized spacial score (nSPS) is 17.8. The van der Waals surface area contributed by atoms with Crippen LogP contribution in [0.25, 0.3) is 5.69 Å². The summed E-state index contributed by atoms with van der Waals surface area (Å²) in [7, 11) is 0. The first-order valence-corrected chi connectivity index (χ1v) is 14.0. The number of nitrogens with zero attached hydrogens (tertiary/aromatic N) is 4. The van der Waals surface area contributed by atoms with Crippen molar-refractivity contribution in [1.29, 1.82) is 0 Å². The molecule has 7 nitrogen and oxygen atoms in total. The van der Waals surface area contributed by atoms with Crippen molar-refractivity contribution in [2.75, 3.05) is 52.5 Å². The van der Waals surface area contributed by atoms with Gasteiger partial charge in [-0.15, -0.1) is 0 Å². The number of hydrogen-bond acceptors (Lipinski definition) is 6. The lowest BCUT2D eigenvalue weighted by Crippen LogP contribution is -2.44. The van der Waals surface area contributed by atoms with E-state index in [0.29, 0.717) is 11.3 Å². The average molecular weight is 591 g/mol. The second-order valence-corrected chi connectivity index (χ2v) is 10.7. The van der Waals surface area contributed by atoms with Gasteiger partial charge in [0.25, 0.3) is 5.56 Å². The Kier molecular flexibility index (Phi) is 9.49. The van der Waals surface area contributed by atoms with Gasteiger partial charge in [0, 0.05) is 68.7 Å². The van der Waals surface area contributed by atoms with E-state index < -0.39 is 11.6 Å². The molecule has 3 heterocycles. The highest BCUT2D eigenvalue weighted by Crippen LogP contribution is 2.28. The van der Waals surface area contributed by atoms with Crippen LogP contribution in [0.15, 0.2) is 64.7 Å². The first-order valence-electron chi connectivity index (χ1n) is 13.3. The number of hydrogen-bond donors (Lipinski definition) is 0. The maximum Gasteiger partial charge on any atom is 0.255 e. The van der Waals surface area contributed by atoms with E-state index in [1.54, 1.807) is 18.2 Å². The average Bonchev–Trinajstić information content (AvgIpc) is 2.95. The second kappa shape index (κ2) is 13.2. The summed E-state index contributed by atoms with van der Waals surface area (Å²) in [5.74, 6) is -1.51. The number of oxime groups is 1. The summed E-state index contributed by atoms with van der Waals surface area (Å²) < 4.78 is 35.4. The molecule has 0 N–H and O–H groups in total. The third-order valence-corrected chi connectivity index (χ3v) is 7.82. The van der Waals surface area contributed by atoms with E-state index in [2.05, 4.69) is 15.0 Å². The fraction of sp³-hybridized carbons (Fsp3) is 0.379. The number of pyridine rings is 1. The molecule has 0 amide bonds. The zero-order valence-corrected chi connectivity index (χ0v) is 23.4. The predicted octanol–water partition coefficient (Wildman–Crippen LogP) is 4.99. The molecule has 0 saturated carbocycles. The molecule has 0 unspecified atom stereocenters. The van der Waals surface area contributed by atoms with Crippen molar-refractivity contribution in [1.82, 2.24) is 14.4 Å². The van der Waals surface area contributed by atoms with Gasteiger partial charge in [-0.25, -0.2) is 8.78 Å². The number of morpholine rings is 1. The quantitative estimate of drug-likeness (QED) is 0.273. The molecule has 1 aromatic heterocycles. The van der Waals surface area contributed by atoms with Crippen molar-refractivity contribution < 1.29 is 18.4 Å². The molecule has 212 valence electrons. The largest absolute Gasteiger partial charge is 0.392 e. The van der Waals surface area contributed by atoms with Gasteiger partial charge < -0.3 is 14.5 Å². The van der Waals surface area contributed by atoms with Crippen LogP contribution in [0, 0.1) is 11.6 Å². The summed E-state index contributed by atoms with van der Waals surface area (Å²) in [6.07, 6.45) is 2.84. The number of ether oxygens (including phenoxy) is 1. The molecule has 0 atom stereocenters. The van der Waals surface area contributed by atoms with Gasteiger partial charge in [0.1, 0.15) is 23.5 Å². The molecule has 0 aliphatic carbocycles. The van der Waals surface area contributed by atoms with Gasteiger partial charge in [0.2, 0.25) is 0 Å². The van der Waals surface area contributed by atoms with Crippen LogP contribution in [0.2, 0.25) is 10.0 Å². The molecular weight excluding hydrogens is 561 g/mol. The molecule has 0 bridgehead atoms. The molecule has 11 heteroatoms. The van der Waals surface area contributed by atoms with E-state index >= 15 is 0 Å². The summed E-state index contributed by atoms with van der Waals surface area (Å²) in [5.41, 5.74) is 0.457. The van der Waals surface area contributed by atoms with Crippen LogP contribution in [0.4, 0.5) is 8.78 Å². The molecule has 40 heavy (non-hydrogen) atoms. The summed E-state index contributed by atoms with van der Waals surface area (Å²) in [6.45, 7) is 7.21. The van der Waals surface area contributed by atoms with Gasteiger partial charge in [0.05, 0.1) is 28.9 Å². The van der Waals surface area contributed by atoms with E-state index in [1.807, 2.05) is 0 Å². The first kappa shape index (κ1) is 28.7. The van der Waals surface area contributed by atoms with Crippen LogP contribution < -0.4 is 5.56 Å². The molecule has 3 aromatic rings. The number of para-hydroxylation sites is 1. The lowest BCUT2D eigenvalue weighted by molar-refractivity contribution is 0.00307. The second-order valence-electron chi connectivity index (χ2n) is 9.86. The Morgan fingerprint density at radius 2 is 1.62 bits per heavy atom. The zero-order valence-electron chi connectivity index (χ0n) is 21.9. The standard InChI is InChI=1S/C29H30Cl2F2N4O3/c30-24-2-1-3-25(31)29(24)37-19-20(4-7-27(37)38)28(23-6-5-21(32)18-26(23)33)34-40-22-8-10-35(11-9-22)12-13-36-14-16-39-17-15-36/h1-7,18-19,22H,8-17H2/b34-28+. The van der Waals surface area contributed by atoms with Crippen LogP contribution in [0.5, 0.6) is 0 Å². The third kappa shape index (κ3) is 6.90. The van der Waals surface area contributed by atoms with Crippen molar-refractivity contribution in [3.05, 3.63) is 97.9 Å². The monoisotopic (exact) mass is 590 g/mol. The highest BCUT2D eigenvalue weighted by Gasteiger charge is 2.23. The number of rotatable bonds is 8. The van der Waals surface area contributed by atoms with E-state index in [-0.39, 0.29) is 33.0 Å². The van der Waals surface area contributed by atoms with Gasteiger partial charge >= 0.3 is 0 Å². The highest BCUT2D eigenvalue weighted by molar-refractivity contribution is 6.37. The van der Waals surface area contributed by atoms with Crippen molar-refractivity contribution in [2.45, 2.75) is 18.9 Å². The van der Waals surface area contributed by atoms with Gasteiger partial charge in [0.15, 0.2) is 0 Å². The third-order valence-electron chi connectivity index (χ3n) is 7.21. The number of benzene rings is 2. The maximum atomic E-state index is 15.0. The van der Waals surface area contributed by atoms with Crippen LogP contribution >= 0.6 is 23.2 Å². The molecule has 0 radical (unpaired) electrons. The van der Waals surface area contributed by atoms with Crippen molar-refractivity contribution >= 4 is 28.9 Å². The summed E-state index contributed by atoms with van der Waals surface area (Å²) in [4.78, 5) is 23.5. The summed E-state index contributed by atoms with van der Waals surface area (Å²) >= 11 is 12.7. The van der Waals surface area contributed by atoms with Crippen LogP contribution in [0.1, 0.15) is 24.0 Å². The maximum absolute atomic E-state index is 15.0. The fourth-order valence-corrected chi connectivity index (χ4v) is 5.51. The number of likely N-dealkylation sites (tertiary alicyclic amines) is 1. The minimum absolute atomic E-state index is 0.0415. The Morgan fingerprint density at radius 1 is 0.950 bits per heavy atom. The minimum Gasteiger partial charge on any atom is -0.392 e. The lowest BCUT2D eigenvalue weighted by atomic mass is 10.0. The molecule has 2 aliphatic heterocycles. The first-order chi connectivity index (χ1) is 19.4. The highest BCUT2D eigenvalue weighted by atomic mass is 35.5. The molecule has 0 spiro atoms. The summed E-state index contributed by atoms with van der Waals surface area (Å²) in [6, 6.07) is 11.0. The SMILES string of the molecule is O=c1ccc(/C(=N\OC2CCN(CCN3CCOCC3)CC2)c2ccc(F)cc2F)cn1-c1c(Cl)cccc1Cl. The Bertz CT molecular complexity index is 1400. The van der Waals surface area contributed by atoms with E-state index in [0.717, 1.165) is 77.5 Å². The Balaban J connectivity index is 1.36. The lowest BCUT2D eigenvalue weighted by Gasteiger charge is -2.33. The number of aromatic nitrogens is 1. The molecule has 2 saturated heterocycles. The molecule has 2 fully saturated rings. The van der Waals surface area contributed by atoms with Crippen molar-refractivity contribution in [3.8, 4) is 5.69 Å². The Hall–Kier alpha value is -2.82. The number of halogens is 4. The Morgan fingerprint density at radius 3 is 2.30 bits per heavy atom. The van der Waals surface area contributed by atoms with Crippen molar-refractivity contribution in [2.24, 2.45) is 5.16 Å². The Labute approximate surface area is 241 Å². The van der Waals surface area contributed by atoms with Crippen LogP contribution in [0.3, 0.4) is 0 Å². The molecule has 2 aliphatic rings. The van der Waals surface area contributed by atoms with E-state index in [9.17, 15) is 13.6 Å². The van der Waals surface area contributed by atoms with Gasteiger partial charge in [-0.2, -0.15) is 0 Å². The smallest absolute Gasteiger partial charge is 0.255 e. The summed E-state index contributed by atoms with van der Waals surface area (Å²) in [5, 5.41) is 4.91. The van der Waals surface area contributed by atoms with Gasteiger partial charge in [-0.3, -0.25) is 14.3 Å². The van der Waals surface area contributed by atoms with E-state index in [4.69, 9.17) is 32.8 Å². The molecular formula is C29H30Cl2F2N4O3. The van der Waals surface area contributed by atoms with E-state index in [1.165, 1.54) is 29.0 Å². The van der Waals surface area contributed by atoms with Crippen LogP contribution in [-0.4, -0.2) is 78.7 Å². The minimum atomic E-state index is -0.797. The molecule has 5 rings (SSSR count). The zero-order chi connectivity index (χ0) is 28.1. The fourth-order valence-electron chi connectivity index (χ4n) is 4.93. The van der Waals surface area contributed by atoms with Gasteiger partial charge in [-0.05, 0) is 43.2 Å². The van der Waals surface area contributed by atoms with Gasteiger partial charge in [-0.1, -0.05) is 34.4 Å².